The maximum atomic E-state index is 14.5. The van der Waals surface area contributed by atoms with Crippen LogP contribution in [-0.4, -0.2) is 57.6 Å². The highest BCUT2D eigenvalue weighted by Crippen LogP contribution is 2.63. The Labute approximate surface area is 246 Å². The van der Waals surface area contributed by atoms with Crippen molar-refractivity contribution in [3.63, 3.8) is 0 Å². The molecule has 3 N–H and O–H groups in total. The highest BCUT2D eigenvalue weighted by atomic mass is 16.5. The van der Waals surface area contributed by atoms with Gasteiger partial charge in [0, 0.05) is 13.1 Å². The van der Waals surface area contributed by atoms with Crippen molar-refractivity contribution in [3.8, 4) is 0 Å². The molecular formula is C34H37N3O5. The van der Waals surface area contributed by atoms with Crippen LogP contribution in [0.25, 0.3) is 0 Å². The predicted octanol–water partition coefficient (Wildman–Crippen LogP) is 2.99. The van der Waals surface area contributed by atoms with Crippen LogP contribution in [0.4, 0.5) is 0 Å². The number of carbonyl (C=O) groups excluding carboxylic acids is 3. The van der Waals surface area contributed by atoms with E-state index in [2.05, 4.69) is 10.6 Å². The van der Waals surface area contributed by atoms with E-state index in [1.54, 1.807) is 0 Å². The number of aliphatic hydroxyl groups is 1. The summed E-state index contributed by atoms with van der Waals surface area (Å²) in [6, 6.07) is 27.2. The summed E-state index contributed by atoms with van der Waals surface area (Å²) in [5.74, 6) is -2.49. The fourth-order valence-electron chi connectivity index (χ4n) is 7.37. The Morgan fingerprint density at radius 1 is 0.857 bits per heavy atom. The molecule has 0 radical (unpaired) electrons. The van der Waals surface area contributed by atoms with E-state index in [1.807, 2.05) is 97.9 Å². The second kappa shape index (κ2) is 11.3. The smallest absolute Gasteiger partial charge is 0.246 e. The van der Waals surface area contributed by atoms with E-state index < -0.39 is 35.1 Å². The molecule has 3 fully saturated rings. The first-order valence-corrected chi connectivity index (χ1v) is 14.7. The third-order valence-electron chi connectivity index (χ3n) is 9.28. The molecule has 218 valence electrons. The summed E-state index contributed by atoms with van der Waals surface area (Å²) in [5, 5.41) is 16.7. The first-order valence-electron chi connectivity index (χ1n) is 14.7. The topological polar surface area (TPSA) is 108 Å². The van der Waals surface area contributed by atoms with E-state index in [4.69, 9.17) is 4.74 Å². The van der Waals surface area contributed by atoms with Gasteiger partial charge in [-0.15, -0.1) is 0 Å². The molecule has 1 spiro atoms. The molecule has 3 amide bonds. The third-order valence-corrected chi connectivity index (χ3v) is 9.28. The van der Waals surface area contributed by atoms with Gasteiger partial charge >= 0.3 is 0 Å². The van der Waals surface area contributed by atoms with E-state index >= 15 is 0 Å². The van der Waals surface area contributed by atoms with Crippen molar-refractivity contribution in [1.29, 1.82) is 0 Å². The highest BCUT2D eigenvalue weighted by molar-refractivity contribution is 5.99. The number of aliphatic hydroxyl groups excluding tert-OH is 1. The Bertz CT molecular complexity index is 1440. The molecule has 3 saturated heterocycles. The molecule has 0 aliphatic carbocycles. The van der Waals surface area contributed by atoms with Crippen molar-refractivity contribution in [3.05, 3.63) is 108 Å². The van der Waals surface area contributed by atoms with Crippen LogP contribution in [0.1, 0.15) is 36.5 Å². The third kappa shape index (κ3) is 4.88. The monoisotopic (exact) mass is 567 g/mol. The number of hydrogen-bond donors (Lipinski definition) is 3. The van der Waals surface area contributed by atoms with Crippen molar-refractivity contribution < 1.29 is 24.2 Å². The Hall–Kier alpha value is -4.01. The minimum Gasteiger partial charge on any atom is -0.394 e. The van der Waals surface area contributed by atoms with Crippen molar-refractivity contribution in [1.82, 2.24) is 15.5 Å². The van der Waals surface area contributed by atoms with Gasteiger partial charge in [-0.3, -0.25) is 14.4 Å². The summed E-state index contributed by atoms with van der Waals surface area (Å²) in [6.45, 7) is 2.18. The molecule has 8 nitrogen and oxygen atoms in total. The van der Waals surface area contributed by atoms with Crippen molar-refractivity contribution in [2.45, 2.75) is 62.6 Å². The minimum atomic E-state index is -1.16. The lowest BCUT2D eigenvalue weighted by Gasteiger charge is -2.37. The first-order chi connectivity index (χ1) is 20.4. The summed E-state index contributed by atoms with van der Waals surface area (Å²) >= 11 is 0. The number of fused-ring (bicyclic) bond motifs is 1. The Morgan fingerprint density at radius 2 is 1.38 bits per heavy atom. The van der Waals surface area contributed by atoms with Crippen molar-refractivity contribution >= 4 is 17.7 Å². The normalized spacial score (nSPS) is 28.4. The average Bonchev–Trinajstić information content (AvgIpc) is 3.59. The predicted molar refractivity (Wildman–Crippen MR) is 157 cm³/mol. The largest absolute Gasteiger partial charge is 0.394 e. The lowest BCUT2D eigenvalue weighted by Crippen LogP contribution is -2.58. The average molecular weight is 568 g/mol. The molecule has 0 aromatic heterocycles. The lowest BCUT2D eigenvalue weighted by atomic mass is 9.66. The second-order valence-electron chi connectivity index (χ2n) is 11.9. The van der Waals surface area contributed by atoms with E-state index in [1.165, 1.54) is 4.90 Å². The van der Waals surface area contributed by atoms with Crippen molar-refractivity contribution in [2.75, 3.05) is 6.61 Å². The van der Waals surface area contributed by atoms with Crippen LogP contribution in [0, 0.1) is 11.8 Å². The summed E-state index contributed by atoms with van der Waals surface area (Å²) in [5.41, 5.74) is 0.790. The summed E-state index contributed by atoms with van der Waals surface area (Å²) in [4.78, 5) is 43.9. The fourth-order valence-corrected chi connectivity index (χ4v) is 7.37. The number of nitrogens with one attached hydrogen (secondary N) is 2. The van der Waals surface area contributed by atoms with Gasteiger partial charge in [0.15, 0.2) is 0 Å². The molecule has 42 heavy (non-hydrogen) atoms. The van der Waals surface area contributed by atoms with Crippen LogP contribution in [0.5, 0.6) is 0 Å². The van der Waals surface area contributed by atoms with Gasteiger partial charge in [-0.1, -0.05) is 91.0 Å². The zero-order valence-electron chi connectivity index (χ0n) is 23.7. The van der Waals surface area contributed by atoms with Gasteiger partial charge in [-0.2, -0.15) is 0 Å². The van der Waals surface area contributed by atoms with Crippen LogP contribution in [0.2, 0.25) is 0 Å². The molecule has 3 heterocycles. The molecular weight excluding hydrogens is 530 g/mol. The van der Waals surface area contributed by atoms with Gasteiger partial charge in [-0.05, 0) is 42.9 Å². The maximum absolute atomic E-state index is 14.5. The summed E-state index contributed by atoms with van der Waals surface area (Å²) in [7, 11) is 0. The van der Waals surface area contributed by atoms with Crippen LogP contribution in [-0.2, 0) is 38.6 Å². The quantitative estimate of drug-likeness (QED) is 0.349. The molecule has 3 aliphatic rings. The minimum absolute atomic E-state index is 0.254. The van der Waals surface area contributed by atoms with Gasteiger partial charge in [-0.25, -0.2) is 0 Å². The molecule has 6 rings (SSSR count). The molecule has 8 heteroatoms. The zero-order valence-corrected chi connectivity index (χ0v) is 23.7. The molecule has 3 aromatic rings. The number of likely N-dealkylation sites (tertiary alicyclic amines) is 1. The molecule has 2 unspecified atom stereocenters. The Balaban J connectivity index is 1.33. The summed E-state index contributed by atoms with van der Waals surface area (Å²) in [6.07, 6.45) is 1.40. The van der Waals surface area contributed by atoms with Crippen LogP contribution >= 0.6 is 0 Å². The van der Waals surface area contributed by atoms with E-state index in [-0.39, 0.29) is 24.3 Å². The fraction of sp³-hybridized carbons (Fsp3) is 0.382. The SMILES string of the molecule is C[C@@]12CCC3(O1)C(C(=O)NCc1ccccc1)N([C@@H](CO)Cc1ccccc1)C(=O)[C@@H]3[C@@H]2C(=O)NCc1ccccc1. The lowest BCUT2D eigenvalue weighted by molar-refractivity contribution is -0.149. The summed E-state index contributed by atoms with van der Waals surface area (Å²) < 4.78 is 6.72. The van der Waals surface area contributed by atoms with Crippen LogP contribution in [0.3, 0.4) is 0 Å². The number of benzene rings is 3. The number of nitrogens with zero attached hydrogens (tertiary/aromatic N) is 1. The van der Waals surface area contributed by atoms with Gasteiger partial charge in [0.1, 0.15) is 11.6 Å². The maximum Gasteiger partial charge on any atom is 0.246 e. The van der Waals surface area contributed by atoms with Crippen molar-refractivity contribution in [2.24, 2.45) is 11.8 Å². The molecule has 3 aliphatic heterocycles. The van der Waals surface area contributed by atoms with E-state index in [9.17, 15) is 19.5 Å². The number of carbonyl (C=O) groups is 3. The number of ether oxygens (including phenoxy) is 1. The van der Waals surface area contributed by atoms with Gasteiger partial charge in [0.25, 0.3) is 0 Å². The molecule has 0 saturated carbocycles. The molecule has 2 bridgehead atoms. The number of amides is 3. The zero-order chi connectivity index (χ0) is 29.3. The standard InChI is InChI=1S/C34H37N3O5/c1-33-17-18-34(42-33)28(27(33)30(39)35-20-24-13-7-3-8-14-24)32(41)37(26(22-38)19-23-11-5-2-6-12-23)29(34)31(40)36-21-25-15-9-4-10-16-25/h2-16,26-29,38H,17-22H2,1H3,(H,35,39)(H,36,40)/t26-,27-,28+,29?,33+,34?/m1/s1. The van der Waals surface area contributed by atoms with E-state index in [0.717, 1.165) is 16.7 Å². The van der Waals surface area contributed by atoms with E-state index in [0.29, 0.717) is 32.4 Å². The number of rotatable bonds is 10. The number of hydrogen-bond acceptors (Lipinski definition) is 5. The van der Waals surface area contributed by atoms with Gasteiger partial charge in [0.05, 0.1) is 30.1 Å². The van der Waals surface area contributed by atoms with Gasteiger partial charge < -0.3 is 25.4 Å². The van der Waals surface area contributed by atoms with Gasteiger partial charge in [0.2, 0.25) is 17.7 Å². The van der Waals surface area contributed by atoms with Crippen LogP contribution < -0.4 is 10.6 Å². The second-order valence-corrected chi connectivity index (χ2v) is 11.9. The van der Waals surface area contributed by atoms with Crippen LogP contribution in [0.15, 0.2) is 91.0 Å². The Morgan fingerprint density at radius 3 is 1.93 bits per heavy atom. The first kappa shape index (κ1) is 28.1. The molecule has 6 atom stereocenters. The Kier molecular flexibility index (Phi) is 7.60. The molecule has 3 aromatic carbocycles. The highest BCUT2D eigenvalue weighted by Gasteiger charge is 2.78.